The molecule has 0 aliphatic carbocycles. The molecule has 3 nitrogen and oxygen atoms in total. The third kappa shape index (κ3) is 5.52. The van der Waals surface area contributed by atoms with E-state index in [0.29, 0.717) is 0 Å². The highest BCUT2D eigenvalue weighted by atomic mass is 79.9. The van der Waals surface area contributed by atoms with Gasteiger partial charge in [-0.25, -0.2) is 0 Å². The lowest BCUT2D eigenvalue weighted by atomic mass is 10.2. The molecule has 0 fully saturated rings. The molecule has 0 spiro atoms. The lowest BCUT2D eigenvalue weighted by Crippen LogP contribution is -2.09. The van der Waals surface area contributed by atoms with Crippen molar-refractivity contribution >= 4 is 15.9 Å². The molecule has 10 heteroatoms. The second kappa shape index (κ2) is 7.41. The zero-order valence-electron chi connectivity index (χ0n) is 11.0. The molecule has 0 aliphatic heterocycles. The van der Waals surface area contributed by atoms with Crippen LogP contribution in [0.2, 0.25) is 0 Å². The summed E-state index contributed by atoms with van der Waals surface area (Å²) in [6.07, 6.45) is -6.82. The first kappa shape index (κ1) is 18.9. The molecule has 0 radical (unpaired) electrons. The van der Waals surface area contributed by atoms with Crippen LogP contribution in [0.15, 0.2) is 41.1 Å². The van der Waals surface area contributed by atoms with Crippen LogP contribution in [-0.4, -0.2) is 9.97 Å². The topological polar surface area (TPSA) is 49.6 Å². The number of nitriles is 1. The molecule has 2 heterocycles. The van der Waals surface area contributed by atoms with Gasteiger partial charge in [-0.05, 0) is 40.2 Å². The molecule has 0 saturated carbocycles. The van der Waals surface area contributed by atoms with Crippen LogP contribution in [0.25, 0.3) is 0 Å². The van der Waals surface area contributed by atoms with Gasteiger partial charge in [-0.2, -0.15) is 31.6 Å². The minimum Gasteiger partial charge on any atom is -0.251 e. The average molecular weight is 398 g/mol. The summed E-state index contributed by atoms with van der Waals surface area (Å²) in [6, 6.07) is 6.52. The van der Waals surface area contributed by atoms with Crippen molar-refractivity contribution in [3.05, 3.63) is 58.1 Å². The van der Waals surface area contributed by atoms with Gasteiger partial charge in [0, 0.05) is 16.9 Å². The fraction of sp³-hybridized carbons (Fsp3) is 0.154. The lowest BCUT2D eigenvalue weighted by molar-refractivity contribution is -0.142. The largest absolute Gasteiger partial charge is 0.434 e. The van der Waals surface area contributed by atoms with Crippen molar-refractivity contribution in [3.63, 3.8) is 0 Å². The van der Waals surface area contributed by atoms with Crippen LogP contribution >= 0.6 is 15.9 Å². The minimum absolute atomic E-state index is 0.0347. The molecule has 0 atom stereocenters. The van der Waals surface area contributed by atoms with Gasteiger partial charge in [-0.3, -0.25) is 9.97 Å². The van der Waals surface area contributed by atoms with Crippen LogP contribution in [0, 0.1) is 11.3 Å². The molecular formula is C13H6BrF6N3. The van der Waals surface area contributed by atoms with Gasteiger partial charge in [0.05, 0.1) is 5.56 Å². The van der Waals surface area contributed by atoms with E-state index in [-0.39, 0.29) is 4.47 Å². The number of hydrogen-bond acceptors (Lipinski definition) is 3. The Morgan fingerprint density at radius 3 is 1.70 bits per heavy atom. The van der Waals surface area contributed by atoms with Crippen molar-refractivity contribution in [2.24, 2.45) is 0 Å². The summed E-state index contributed by atoms with van der Waals surface area (Å²) in [5, 5.41) is 8.29. The number of pyridine rings is 2. The van der Waals surface area contributed by atoms with Crippen molar-refractivity contribution in [1.29, 1.82) is 5.26 Å². The van der Waals surface area contributed by atoms with Crippen molar-refractivity contribution in [2.45, 2.75) is 12.4 Å². The van der Waals surface area contributed by atoms with Crippen molar-refractivity contribution in [2.75, 3.05) is 0 Å². The van der Waals surface area contributed by atoms with Gasteiger partial charge >= 0.3 is 12.4 Å². The molecule has 2 aromatic rings. The molecule has 0 aliphatic rings. The third-order valence-electron chi connectivity index (χ3n) is 2.22. The van der Waals surface area contributed by atoms with Gasteiger partial charge in [0.25, 0.3) is 0 Å². The smallest absolute Gasteiger partial charge is 0.251 e. The Hall–Kier alpha value is -2.15. The zero-order chi connectivity index (χ0) is 17.7. The van der Waals surface area contributed by atoms with E-state index < -0.39 is 29.3 Å². The molecule has 0 bridgehead atoms. The van der Waals surface area contributed by atoms with Gasteiger partial charge in [0.2, 0.25) is 0 Å². The van der Waals surface area contributed by atoms with Gasteiger partial charge < -0.3 is 0 Å². The Balaban J connectivity index is 0.000000231. The summed E-state index contributed by atoms with van der Waals surface area (Å²) in [7, 11) is 0. The average Bonchev–Trinajstić information content (AvgIpc) is 2.46. The highest BCUT2D eigenvalue weighted by molar-refractivity contribution is 9.10. The monoisotopic (exact) mass is 397 g/mol. The molecule has 23 heavy (non-hydrogen) atoms. The Morgan fingerprint density at radius 1 is 0.870 bits per heavy atom. The fourth-order valence-corrected chi connectivity index (χ4v) is 1.80. The van der Waals surface area contributed by atoms with E-state index in [2.05, 4.69) is 25.9 Å². The quantitative estimate of drug-likeness (QED) is 0.598. The minimum atomic E-state index is -4.55. The number of alkyl halides is 6. The van der Waals surface area contributed by atoms with Crippen LogP contribution in [0.3, 0.4) is 0 Å². The Kier molecular flexibility index (Phi) is 6.09. The van der Waals surface area contributed by atoms with E-state index in [1.165, 1.54) is 24.3 Å². The highest BCUT2D eigenvalue weighted by Crippen LogP contribution is 2.32. The molecule has 0 unspecified atom stereocenters. The van der Waals surface area contributed by atoms with Crippen molar-refractivity contribution in [1.82, 2.24) is 9.97 Å². The molecule has 2 aromatic heterocycles. The van der Waals surface area contributed by atoms with Crippen LogP contribution in [0.4, 0.5) is 26.3 Å². The van der Waals surface area contributed by atoms with Crippen molar-refractivity contribution in [3.8, 4) is 6.07 Å². The standard InChI is InChI=1S/C7H3F3N2.C6H3BrF3N/c8-7(9,10)6-5(4-11)2-1-3-12-6;7-4-2-1-3-11-5(4)6(8,9)10/h1-3H;1-3H. The maximum atomic E-state index is 12.0. The summed E-state index contributed by atoms with van der Waals surface area (Å²) in [6.45, 7) is 0. The van der Waals surface area contributed by atoms with Gasteiger partial charge in [-0.1, -0.05) is 0 Å². The molecule has 0 aromatic carbocycles. The Morgan fingerprint density at radius 2 is 1.35 bits per heavy atom. The van der Waals surface area contributed by atoms with E-state index in [1.807, 2.05) is 0 Å². The number of nitrogens with zero attached hydrogens (tertiary/aromatic N) is 3. The first-order chi connectivity index (χ1) is 10.6. The summed E-state index contributed by atoms with van der Waals surface area (Å²) < 4.78 is 71.9. The Labute approximate surface area is 134 Å². The predicted octanol–water partition coefficient (Wildman–Crippen LogP) is 4.83. The molecule has 122 valence electrons. The number of halogens is 7. The zero-order valence-corrected chi connectivity index (χ0v) is 12.5. The normalized spacial score (nSPS) is 11.2. The molecule has 0 N–H and O–H groups in total. The van der Waals surface area contributed by atoms with Crippen LogP contribution in [-0.2, 0) is 12.4 Å². The first-order valence-corrected chi connectivity index (χ1v) is 6.46. The molecule has 0 amide bonds. The number of rotatable bonds is 0. The van der Waals surface area contributed by atoms with Crippen LogP contribution in [0.1, 0.15) is 17.0 Å². The molecule has 0 saturated heterocycles. The van der Waals surface area contributed by atoms with Crippen molar-refractivity contribution < 1.29 is 26.3 Å². The highest BCUT2D eigenvalue weighted by Gasteiger charge is 2.35. The summed E-state index contributed by atoms with van der Waals surface area (Å²) in [5.41, 5.74) is -2.47. The maximum absolute atomic E-state index is 12.0. The third-order valence-corrected chi connectivity index (χ3v) is 2.86. The lowest BCUT2D eigenvalue weighted by Gasteiger charge is -2.05. The number of aromatic nitrogens is 2. The van der Waals surface area contributed by atoms with Gasteiger partial charge in [0.1, 0.15) is 6.07 Å². The first-order valence-electron chi connectivity index (χ1n) is 5.67. The van der Waals surface area contributed by atoms with E-state index in [4.69, 9.17) is 5.26 Å². The van der Waals surface area contributed by atoms with E-state index >= 15 is 0 Å². The Bertz CT molecular complexity index is 706. The van der Waals surface area contributed by atoms with Gasteiger partial charge in [-0.15, -0.1) is 0 Å². The number of hydrogen-bond donors (Lipinski definition) is 0. The van der Waals surface area contributed by atoms with Crippen LogP contribution in [0.5, 0.6) is 0 Å². The van der Waals surface area contributed by atoms with E-state index in [1.54, 1.807) is 0 Å². The molecular weight excluding hydrogens is 392 g/mol. The predicted molar refractivity (Wildman–Crippen MR) is 70.9 cm³/mol. The van der Waals surface area contributed by atoms with Gasteiger partial charge in [0.15, 0.2) is 11.4 Å². The summed E-state index contributed by atoms with van der Waals surface area (Å²) in [5.74, 6) is 0. The maximum Gasteiger partial charge on any atom is 0.434 e. The SMILES string of the molecule is FC(F)(F)c1ncccc1Br.N#Cc1cccnc1C(F)(F)F. The van der Waals surface area contributed by atoms with E-state index in [9.17, 15) is 26.3 Å². The summed E-state index contributed by atoms with van der Waals surface area (Å²) >= 11 is 2.75. The van der Waals surface area contributed by atoms with Crippen LogP contribution < -0.4 is 0 Å². The fourth-order valence-electron chi connectivity index (χ4n) is 1.32. The van der Waals surface area contributed by atoms with E-state index in [0.717, 1.165) is 18.5 Å². The second-order valence-electron chi connectivity index (χ2n) is 3.84. The molecule has 2 rings (SSSR count). The second-order valence-corrected chi connectivity index (χ2v) is 4.70. The summed E-state index contributed by atoms with van der Waals surface area (Å²) in [4.78, 5) is 6.25.